The number of carbonyl (C=O) groups excluding carboxylic acids is 1. The van der Waals surface area contributed by atoms with Gasteiger partial charge in [-0.3, -0.25) is 4.99 Å². The number of carbonyl (C=O) groups is 1. The van der Waals surface area contributed by atoms with Gasteiger partial charge in [0.2, 0.25) is 0 Å². The third-order valence-electron chi connectivity index (χ3n) is 4.14. The summed E-state index contributed by atoms with van der Waals surface area (Å²) in [5.41, 5.74) is 5.50. The number of hydrogen-bond acceptors (Lipinski definition) is 3. The second-order valence-electron chi connectivity index (χ2n) is 5.81. The van der Waals surface area contributed by atoms with Crippen molar-refractivity contribution in [2.24, 2.45) is 4.99 Å². The fourth-order valence-electron chi connectivity index (χ4n) is 2.85. The molecule has 0 fully saturated rings. The van der Waals surface area contributed by atoms with Gasteiger partial charge in [0.25, 0.3) is 0 Å². The van der Waals surface area contributed by atoms with Crippen molar-refractivity contribution in [3.8, 4) is 0 Å². The lowest BCUT2D eigenvalue weighted by Crippen LogP contribution is -2.05. The molecule has 2 aromatic carbocycles. The molecule has 4 heteroatoms. The summed E-state index contributed by atoms with van der Waals surface area (Å²) in [7, 11) is 1.39. The Labute approximate surface area is 141 Å². The second kappa shape index (κ2) is 6.71. The van der Waals surface area contributed by atoms with E-state index in [1.54, 1.807) is 6.21 Å². The number of benzene rings is 2. The minimum Gasteiger partial charge on any atom is -0.464 e. The number of methoxy groups -OCH3 is 1. The molecule has 0 unspecified atom stereocenters. The van der Waals surface area contributed by atoms with Crippen LogP contribution >= 0.6 is 0 Å². The van der Waals surface area contributed by atoms with Crippen LogP contribution in [0, 0.1) is 13.8 Å². The molecule has 0 saturated carbocycles. The van der Waals surface area contributed by atoms with Crippen molar-refractivity contribution in [1.82, 2.24) is 4.98 Å². The molecule has 0 saturated heterocycles. The van der Waals surface area contributed by atoms with Gasteiger partial charge < -0.3 is 9.72 Å². The molecule has 24 heavy (non-hydrogen) atoms. The summed E-state index contributed by atoms with van der Waals surface area (Å²) in [6, 6.07) is 14.1. The fraction of sp³-hybridized carbons (Fsp3) is 0.200. The standard InChI is InChI=1S/C20H20N2O2/c1-13-9-10-14(2)18-17(13)16(19(22-18)20(23)24-3)12-21-11-15-7-5-4-6-8-15/h4-10,12,22H,11H2,1-3H3. The number of aliphatic imine (C=N–C) groups is 1. The quantitative estimate of drug-likeness (QED) is 0.579. The number of rotatable bonds is 4. The van der Waals surface area contributed by atoms with Crippen molar-refractivity contribution in [2.75, 3.05) is 7.11 Å². The summed E-state index contributed by atoms with van der Waals surface area (Å²) >= 11 is 0. The van der Waals surface area contributed by atoms with Gasteiger partial charge in [-0.25, -0.2) is 4.79 Å². The first-order valence-corrected chi connectivity index (χ1v) is 7.85. The van der Waals surface area contributed by atoms with Crippen molar-refractivity contribution < 1.29 is 9.53 Å². The summed E-state index contributed by atoms with van der Waals surface area (Å²) in [5.74, 6) is -0.383. The molecule has 0 bridgehead atoms. The van der Waals surface area contributed by atoms with Gasteiger partial charge in [-0.05, 0) is 30.5 Å². The van der Waals surface area contributed by atoms with E-state index in [1.165, 1.54) is 7.11 Å². The number of aryl methyl sites for hydroxylation is 2. The molecule has 0 spiro atoms. The van der Waals surface area contributed by atoms with Crippen molar-refractivity contribution in [3.05, 3.63) is 70.4 Å². The van der Waals surface area contributed by atoms with Crippen LogP contribution in [-0.4, -0.2) is 24.3 Å². The van der Waals surface area contributed by atoms with E-state index in [-0.39, 0.29) is 5.97 Å². The van der Waals surface area contributed by atoms with E-state index in [4.69, 9.17) is 4.74 Å². The maximum absolute atomic E-state index is 12.1. The predicted octanol–water partition coefficient (Wildman–Crippen LogP) is 4.19. The average molecular weight is 320 g/mol. The molecule has 0 aliphatic carbocycles. The Balaban J connectivity index is 2.07. The highest BCUT2D eigenvalue weighted by atomic mass is 16.5. The first-order valence-electron chi connectivity index (χ1n) is 7.85. The van der Waals surface area contributed by atoms with E-state index in [0.717, 1.165) is 33.2 Å². The minimum absolute atomic E-state index is 0.383. The van der Waals surface area contributed by atoms with E-state index >= 15 is 0 Å². The van der Waals surface area contributed by atoms with Crippen molar-refractivity contribution in [2.45, 2.75) is 20.4 Å². The number of ether oxygens (including phenoxy) is 1. The SMILES string of the molecule is COC(=O)c1[nH]c2c(C)ccc(C)c2c1C=NCc1ccccc1. The predicted molar refractivity (Wildman–Crippen MR) is 96.9 cm³/mol. The largest absolute Gasteiger partial charge is 0.464 e. The highest BCUT2D eigenvalue weighted by molar-refractivity contribution is 6.10. The Morgan fingerprint density at radius 3 is 2.54 bits per heavy atom. The van der Waals surface area contributed by atoms with Gasteiger partial charge in [-0.1, -0.05) is 42.5 Å². The summed E-state index contributed by atoms with van der Waals surface area (Å²) in [5, 5.41) is 1.02. The van der Waals surface area contributed by atoms with Crippen LogP contribution in [0.25, 0.3) is 10.9 Å². The number of esters is 1. The number of aromatic nitrogens is 1. The number of fused-ring (bicyclic) bond motifs is 1. The Hall–Kier alpha value is -2.88. The summed E-state index contributed by atoms with van der Waals surface area (Å²) in [6.07, 6.45) is 1.77. The molecule has 1 aromatic heterocycles. The Kier molecular flexibility index (Phi) is 4.47. The lowest BCUT2D eigenvalue weighted by Gasteiger charge is -2.02. The monoisotopic (exact) mass is 320 g/mol. The van der Waals surface area contributed by atoms with Crippen LogP contribution in [-0.2, 0) is 11.3 Å². The number of nitrogens with one attached hydrogen (secondary N) is 1. The van der Waals surface area contributed by atoms with Crippen LogP contribution in [0.2, 0.25) is 0 Å². The maximum Gasteiger partial charge on any atom is 0.355 e. The third-order valence-corrected chi connectivity index (χ3v) is 4.14. The van der Waals surface area contributed by atoms with Crippen LogP contribution in [0.4, 0.5) is 0 Å². The van der Waals surface area contributed by atoms with Crippen molar-refractivity contribution in [1.29, 1.82) is 0 Å². The first-order chi connectivity index (χ1) is 11.6. The van der Waals surface area contributed by atoms with Gasteiger partial charge in [0.15, 0.2) is 0 Å². The number of hydrogen-bond donors (Lipinski definition) is 1. The molecule has 0 atom stereocenters. The average Bonchev–Trinajstić information content (AvgIpc) is 2.99. The van der Waals surface area contributed by atoms with Crippen LogP contribution in [0.3, 0.4) is 0 Å². The molecule has 3 aromatic rings. The van der Waals surface area contributed by atoms with Crippen LogP contribution in [0.15, 0.2) is 47.5 Å². The van der Waals surface area contributed by atoms with Crippen LogP contribution < -0.4 is 0 Å². The highest BCUT2D eigenvalue weighted by Crippen LogP contribution is 2.27. The van der Waals surface area contributed by atoms with Crippen molar-refractivity contribution >= 4 is 23.1 Å². The normalized spacial score (nSPS) is 11.3. The summed E-state index contributed by atoms with van der Waals surface area (Å²) in [4.78, 5) is 19.9. The van der Waals surface area contributed by atoms with Gasteiger partial charge in [0.05, 0.1) is 13.7 Å². The number of aromatic amines is 1. The van der Waals surface area contributed by atoms with Crippen LogP contribution in [0.1, 0.15) is 32.7 Å². The molecule has 1 heterocycles. The molecule has 3 rings (SSSR count). The molecule has 0 aliphatic heterocycles. The minimum atomic E-state index is -0.383. The highest BCUT2D eigenvalue weighted by Gasteiger charge is 2.19. The zero-order chi connectivity index (χ0) is 17.1. The molecule has 0 amide bonds. The molecular weight excluding hydrogens is 300 g/mol. The smallest absolute Gasteiger partial charge is 0.355 e. The zero-order valence-corrected chi connectivity index (χ0v) is 14.1. The van der Waals surface area contributed by atoms with E-state index < -0.39 is 0 Å². The Morgan fingerprint density at radius 2 is 1.83 bits per heavy atom. The number of nitrogens with zero attached hydrogens (tertiary/aromatic N) is 1. The molecule has 0 radical (unpaired) electrons. The molecule has 122 valence electrons. The molecule has 0 aliphatic rings. The van der Waals surface area contributed by atoms with Gasteiger partial charge in [-0.2, -0.15) is 0 Å². The molecular formula is C20H20N2O2. The lowest BCUT2D eigenvalue weighted by atomic mass is 10.0. The number of H-pyrrole nitrogens is 1. The first kappa shape index (κ1) is 16.0. The van der Waals surface area contributed by atoms with E-state index in [1.807, 2.05) is 50.2 Å². The van der Waals surface area contributed by atoms with Crippen molar-refractivity contribution in [3.63, 3.8) is 0 Å². The maximum atomic E-state index is 12.1. The Morgan fingerprint density at radius 1 is 1.12 bits per heavy atom. The van der Waals surface area contributed by atoms with Gasteiger partial charge >= 0.3 is 5.97 Å². The second-order valence-corrected chi connectivity index (χ2v) is 5.81. The Bertz CT molecular complexity index is 908. The summed E-state index contributed by atoms with van der Waals surface area (Å²) < 4.78 is 4.92. The van der Waals surface area contributed by atoms with Gasteiger partial charge in [0, 0.05) is 22.7 Å². The third kappa shape index (κ3) is 2.95. The van der Waals surface area contributed by atoms with E-state index in [0.29, 0.717) is 12.2 Å². The van der Waals surface area contributed by atoms with Gasteiger partial charge in [-0.15, -0.1) is 0 Å². The molecule has 4 nitrogen and oxygen atoms in total. The topological polar surface area (TPSA) is 54.5 Å². The van der Waals surface area contributed by atoms with E-state index in [2.05, 4.69) is 16.0 Å². The lowest BCUT2D eigenvalue weighted by molar-refractivity contribution is 0.0595. The van der Waals surface area contributed by atoms with Crippen LogP contribution in [0.5, 0.6) is 0 Å². The zero-order valence-electron chi connectivity index (χ0n) is 14.1. The van der Waals surface area contributed by atoms with Gasteiger partial charge in [0.1, 0.15) is 5.69 Å². The summed E-state index contributed by atoms with van der Waals surface area (Å²) in [6.45, 7) is 4.62. The fourth-order valence-corrected chi connectivity index (χ4v) is 2.85. The van der Waals surface area contributed by atoms with E-state index in [9.17, 15) is 4.79 Å². The molecule has 1 N–H and O–H groups in total.